The molecule has 4 atom stereocenters. The molecule has 2 aromatic rings. The van der Waals surface area contributed by atoms with Gasteiger partial charge in [-0.05, 0) is 97.4 Å². The summed E-state index contributed by atoms with van der Waals surface area (Å²) in [5.41, 5.74) is 3.44. The Labute approximate surface area is 279 Å². The van der Waals surface area contributed by atoms with Crippen LogP contribution in [0.5, 0.6) is 5.75 Å². The van der Waals surface area contributed by atoms with Gasteiger partial charge in [0.15, 0.2) is 5.78 Å². The molecule has 0 fully saturated rings. The summed E-state index contributed by atoms with van der Waals surface area (Å²) in [7, 11) is 0. The van der Waals surface area contributed by atoms with Gasteiger partial charge in [-0.1, -0.05) is 84.9 Å². The molecule has 4 unspecified atom stereocenters. The molecule has 0 aliphatic heterocycles. The summed E-state index contributed by atoms with van der Waals surface area (Å²) >= 11 is 0. The van der Waals surface area contributed by atoms with Crippen LogP contribution in [0, 0.1) is 23.7 Å². The van der Waals surface area contributed by atoms with Crippen LogP contribution >= 0.6 is 0 Å². The molecule has 47 heavy (non-hydrogen) atoms. The van der Waals surface area contributed by atoms with Gasteiger partial charge in [-0.25, -0.2) is 0 Å². The molecule has 2 aliphatic carbocycles. The van der Waals surface area contributed by atoms with Crippen molar-refractivity contribution in [1.82, 2.24) is 5.32 Å². The van der Waals surface area contributed by atoms with E-state index in [4.69, 9.17) is 4.74 Å². The Balaban J connectivity index is 1.53. The van der Waals surface area contributed by atoms with E-state index in [1.807, 2.05) is 12.1 Å². The highest BCUT2D eigenvalue weighted by Gasteiger charge is 2.42. The van der Waals surface area contributed by atoms with Gasteiger partial charge in [-0.3, -0.25) is 9.59 Å². The molecular formula is C40H52F3NO3. The van der Waals surface area contributed by atoms with Crippen LogP contribution in [0.3, 0.4) is 0 Å². The minimum absolute atomic E-state index is 0.00537. The van der Waals surface area contributed by atoms with E-state index in [2.05, 4.69) is 65.9 Å². The number of hydrogen-bond acceptors (Lipinski definition) is 3. The van der Waals surface area contributed by atoms with Crippen molar-refractivity contribution >= 4 is 11.7 Å². The number of fused-ring (bicyclic) bond motifs is 1. The van der Waals surface area contributed by atoms with Crippen molar-refractivity contribution in [3.63, 3.8) is 0 Å². The van der Waals surface area contributed by atoms with Crippen molar-refractivity contribution in [2.24, 2.45) is 23.7 Å². The third-order valence-corrected chi connectivity index (χ3v) is 10.7. The van der Waals surface area contributed by atoms with Gasteiger partial charge in [0, 0.05) is 28.7 Å². The number of carbonyl (C=O) groups excluding carboxylic acids is 2. The Morgan fingerprint density at radius 3 is 2.51 bits per heavy atom. The molecule has 4 nitrogen and oxygen atoms in total. The van der Waals surface area contributed by atoms with Gasteiger partial charge in [0.1, 0.15) is 5.75 Å². The van der Waals surface area contributed by atoms with E-state index < -0.39 is 17.6 Å². The Bertz CT molecular complexity index is 1500. The van der Waals surface area contributed by atoms with Crippen molar-refractivity contribution in [1.29, 1.82) is 0 Å². The summed E-state index contributed by atoms with van der Waals surface area (Å²) in [5, 5.41) is 2.89. The quantitative estimate of drug-likeness (QED) is 0.235. The van der Waals surface area contributed by atoms with Crippen LogP contribution in [0.2, 0.25) is 0 Å². The van der Waals surface area contributed by atoms with Gasteiger partial charge >= 0.3 is 6.18 Å². The monoisotopic (exact) mass is 651 g/mol. The third kappa shape index (κ3) is 8.21. The molecule has 0 radical (unpaired) electrons. The van der Waals surface area contributed by atoms with Gasteiger partial charge < -0.3 is 10.1 Å². The zero-order valence-corrected chi connectivity index (χ0v) is 29.2. The number of allylic oxidation sites excluding steroid dienone is 4. The lowest BCUT2D eigenvalue weighted by Gasteiger charge is -2.41. The number of alkyl halides is 3. The summed E-state index contributed by atoms with van der Waals surface area (Å²) in [5.74, 6) is 1.32. The zero-order chi connectivity index (χ0) is 34.5. The first-order valence-corrected chi connectivity index (χ1v) is 17.4. The van der Waals surface area contributed by atoms with E-state index in [0.717, 1.165) is 65.0 Å². The van der Waals surface area contributed by atoms with E-state index in [0.29, 0.717) is 25.5 Å². The number of nitrogens with one attached hydrogen (secondary N) is 1. The molecule has 4 rings (SSSR count). The predicted octanol–water partition coefficient (Wildman–Crippen LogP) is 10.5. The fourth-order valence-electron chi connectivity index (χ4n) is 7.28. The number of hydrogen-bond donors (Lipinski definition) is 1. The highest BCUT2D eigenvalue weighted by Crippen LogP contribution is 2.49. The molecule has 0 saturated heterocycles. The lowest BCUT2D eigenvalue weighted by molar-refractivity contribution is -0.137. The summed E-state index contributed by atoms with van der Waals surface area (Å²) in [6.07, 6.45) is 4.82. The first kappa shape index (κ1) is 36.5. The summed E-state index contributed by atoms with van der Waals surface area (Å²) in [4.78, 5) is 27.1. The average Bonchev–Trinajstić information content (AvgIpc) is 3.03. The smallest absolute Gasteiger partial charge is 0.416 e. The number of Topliss-reactive ketones (excluding diaryl/α,β-unsaturated/α-hetero) is 1. The minimum Gasteiger partial charge on any atom is -0.494 e. The number of rotatable bonds is 13. The van der Waals surface area contributed by atoms with Gasteiger partial charge in [0.05, 0.1) is 12.2 Å². The molecule has 1 N–H and O–H groups in total. The van der Waals surface area contributed by atoms with Crippen molar-refractivity contribution in [2.45, 2.75) is 105 Å². The number of ether oxygens (including phenoxy) is 1. The van der Waals surface area contributed by atoms with E-state index in [1.165, 1.54) is 31.4 Å². The number of benzene rings is 2. The Hall–Kier alpha value is -3.35. The van der Waals surface area contributed by atoms with E-state index >= 15 is 0 Å². The maximum atomic E-state index is 14.3. The molecule has 256 valence electrons. The van der Waals surface area contributed by atoms with Gasteiger partial charge in [0.25, 0.3) is 5.91 Å². The van der Waals surface area contributed by atoms with E-state index in [1.54, 1.807) is 0 Å². The molecule has 2 aromatic carbocycles. The van der Waals surface area contributed by atoms with Crippen LogP contribution in [0.15, 0.2) is 65.3 Å². The summed E-state index contributed by atoms with van der Waals surface area (Å²) in [6, 6.07) is 10.4. The first-order chi connectivity index (χ1) is 22.2. The predicted molar refractivity (Wildman–Crippen MR) is 183 cm³/mol. The molecular weight excluding hydrogens is 599 g/mol. The SMILES string of the molecule is CCCCC(C)CCOc1ccc2c(c1)C(C)(C)C(C)=C(C1=CCC(CNC(=O)c3cccc(C(F)(F)F)c3)C(C)C1CCC)C2=O. The molecule has 0 bridgehead atoms. The normalized spacial score (nSPS) is 21.6. The Morgan fingerprint density at radius 2 is 1.83 bits per heavy atom. The number of unbranched alkanes of at least 4 members (excludes halogenated alkanes) is 1. The standard InChI is InChI=1S/C40H52F3NO3/c1-8-10-13-25(3)20-21-47-31-17-19-34-35(23-31)39(6,7)27(5)36(37(34)45)33-18-16-29(26(4)32(33)12-9-2)24-44-38(46)28-14-11-15-30(22-28)40(41,42)43/h11,14-15,17-19,22-23,25-26,29,32H,8-10,12-13,16,20-21,24H2,1-7H3,(H,44,46). The fraction of sp³-hybridized carbons (Fsp3) is 0.550. The van der Waals surface area contributed by atoms with Crippen LogP contribution in [0.25, 0.3) is 0 Å². The van der Waals surface area contributed by atoms with Crippen LogP contribution in [-0.2, 0) is 11.6 Å². The molecule has 0 saturated carbocycles. The summed E-state index contributed by atoms with van der Waals surface area (Å²) in [6.45, 7) is 16.2. The molecule has 0 heterocycles. The highest BCUT2D eigenvalue weighted by molar-refractivity contribution is 6.15. The first-order valence-electron chi connectivity index (χ1n) is 17.4. The molecule has 2 aliphatic rings. The van der Waals surface area contributed by atoms with Crippen molar-refractivity contribution in [3.05, 3.63) is 87.5 Å². The number of halogens is 3. The third-order valence-electron chi connectivity index (χ3n) is 10.7. The van der Waals surface area contributed by atoms with Crippen LogP contribution in [-0.4, -0.2) is 24.8 Å². The number of carbonyl (C=O) groups is 2. The van der Waals surface area contributed by atoms with E-state index in [9.17, 15) is 22.8 Å². The van der Waals surface area contributed by atoms with Crippen molar-refractivity contribution in [3.8, 4) is 5.75 Å². The molecule has 0 aromatic heterocycles. The lowest BCUT2D eigenvalue weighted by Crippen LogP contribution is -2.38. The van der Waals surface area contributed by atoms with Crippen LogP contribution in [0.4, 0.5) is 13.2 Å². The topological polar surface area (TPSA) is 55.4 Å². The molecule has 1 amide bonds. The fourth-order valence-corrected chi connectivity index (χ4v) is 7.28. The number of ketones is 1. The van der Waals surface area contributed by atoms with Crippen LogP contribution in [0.1, 0.15) is 125 Å². The maximum absolute atomic E-state index is 14.3. The second-order valence-corrected chi connectivity index (χ2v) is 14.2. The van der Waals surface area contributed by atoms with Crippen molar-refractivity contribution in [2.75, 3.05) is 13.2 Å². The van der Waals surface area contributed by atoms with Gasteiger partial charge in [-0.2, -0.15) is 13.2 Å². The maximum Gasteiger partial charge on any atom is 0.416 e. The van der Waals surface area contributed by atoms with Gasteiger partial charge in [0.2, 0.25) is 0 Å². The second-order valence-electron chi connectivity index (χ2n) is 14.2. The molecule has 0 spiro atoms. The molecule has 7 heteroatoms. The van der Waals surface area contributed by atoms with Crippen LogP contribution < -0.4 is 10.1 Å². The number of amides is 1. The summed E-state index contributed by atoms with van der Waals surface area (Å²) < 4.78 is 45.8. The van der Waals surface area contributed by atoms with Gasteiger partial charge in [-0.15, -0.1) is 0 Å². The Morgan fingerprint density at radius 1 is 1.09 bits per heavy atom. The minimum atomic E-state index is -4.51. The average molecular weight is 652 g/mol. The zero-order valence-electron chi connectivity index (χ0n) is 29.2. The highest BCUT2D eigenvalue weighted by atomic mass is 19.4. The lowest BCUT2D eigenvalue weighted by atomic mass is 9.62. The second kappa shape index (κ2) is 15.3. The Kier molecular flexibility index (Phi) is 11.8. The van der Waals surface area contributed by atoms with Crippen molar-refractivity contribution < 1.29 is 27.5 Å². The van der Waals surface area contributed by atoms with E-state index in [-0.39, 0.29) is 34.5 Å². The largest absolute Gasteiger partial charge is 0.494 e.